The quantitative estimate of drug-likeness (QED) is 0.546. The van der Waals surface area contributed by atoms with Gasteiger partial charge < -0.3 is 0 Å². The van der Waals surface area contributed by atoms with E-state index in [9.17, 15) is 18.9 Å². The van der Waals surface area contributed by atoms with E-state index >= 15 is 0 Å². The maximum atomic E-state index is 12.6. The van der Waals surface area contributed by atoms with Crippen molar-refractivity contribution in [1.29, 1.82) is 0 Å². The molecule has 0 fully saturated rings. The molecule has 0 aromatic heterocycles. The lowest BCUT2D eigenvalue weighted by Crippen LogP contribution is -2.10. The summed E-state index contributed by atoms with van der Waals surface area (Å²) in [5.41, 5.74) is 0.666. The van der Waals surface area contributed by atoms with Gasteiger partial charge in [-0.15, -0.1) is 5.43 Å². The molecule has 64 valence electrons. The Balaban J connectivity index is 3.04. The first-order valence-corrected chi connectivity index (χ1v) is 2.96. The van der Waals surface area contributed by atoms with Gasteiger partial charge in [-0.1, -0.05) is 6.07 Å². The minimum absolute atomic E-state index is 0.748. The summed E-state index contributed by atoms with van der Waals surface area (Å²) in [5.74, 6) is -1.99. The smallest absolute Gasteiger partial charge is 0.173 e. The Hall–Kier alpha value is -1.72. The maximum absolute atomic E-state index is 12.6. The van der Waals surface area contributed by atoms with Gasteiger partial charge in [-0.25, -0.2) is 18.9 Å². The molecular weight excluding hydrogens is 170 g/mol. The molecule has 0 saturated heterocycles. The van der Waals surface area contributed by atoms with Crippen LogP contribution in [0.5, 0.6) is 0 Å². The van der Waals surface area contributed by atoms with Crippen molar-refractivity contribution < 1.29 is 13.8 Å². The molecule has 0 amide bonds. The summed E-state index contributed by atoms with van der Waals surface area (Å²) in [6.07, 6.45) is 0. The van der Waals surface area contributed by atoms with Crippen molar-refractivity contribution in [2.24, 2.45) is 0 Å². The molecule has 1 aromatic carbocycles. The predicted octanol–water partition coefficient (Wildman–Crippen LogP) is 1.57. The third-order valence-electron chi connectivity index (χ3n) is 1.17. The van der Waals surface area contributed by atoms with Crippen LogP contribution in [0.4, 0.5) is 14.5 Å². The summed E-state index contributed by atoms with van der Waals surface area (Å²) in [5, 5.41) is 8.81. The Labute approximate surface area is 65.9 Å². The zero-order valence-electron chi connectivity index (χ0n) is 5.75. The van der Waals surface area contributed by atoms with E-state index < -0.39 is 22.4 Å². The van der Waals surface area contributed by atoms with Gasteiger partial charge in [0.2, 0.25) is 0 Å². The van der Waals surface area contributed by atoms with Crippen LogP contribution in [-0.4, -0.2) is 5.03 Å². The van der Waals surface area contributed by atoms with Gasteiger partial charge in [-0.3, -0.25) is 0 Å². The molecule has 1 N–H and O–H groups in total. The summed E-state index contributed by atoms with van der Waals surface area (Å²) < 4.78 is 25.2. The average molecular weight is 174 g/mol. The molecule has 1 rings (SSSR count). The van der Waals surface area contributed by atoms with Crippen molar-refractivity contribution in [3.63, 3.8) is 0 Å². The van der Waals surface area contributed by atoms with Gasteiger partial charge in [-0.05, 0) is 12.1 Å². The lowest BCUT2D eigenvalue weighted by Gasteiger charge is -1.99. The van der Waals surface area contributed by atoms with Gasteiger partial charge >= 0.3 is 0 Å². The molecule has 0 aliphatic heterocycles. The number of anilines is 1. The number of hydrogen-bond acceptors (Lipinski definition) is 2. The van der Waals surface area contributed by atoms with Crippen molar-refractivity contribution >= 4 is 5.69 Å². The second kappa shape index (κ2) is 3.12. The first-order chi connectivity index (χ1) is 5.61. The number of hydrogen-bond donors (Lipinski definition) is 1. The van der Waals surface area contributed by atoms with Crippen molar-refractivity contribution in [2.45, 2.75) is 0 Å². The normalized spacial score (nSPS) is 9.50. The second-order valence-electron chi connectivity index (χ2n) is 1.97. The van der Waals surface area contributed by atoms with Gasteiger partial charge in [0, 0.05) is 0 Å². The van der Waals surface area contributed by atoms with Gasteiger partial charge in [0.25, 0.3) is 0 Å². The van der Waals surface area contributed by atoms with Crippen LogP contribution >= 0.6 is 0 Å². The van der Waals surface area contributed by atoms with Crippen molar-refractivity contribution in [3.8, 4) is 0 Å². The van der Waals surface area contributed by atoms with Crippen LogP contribution in [-0.2, 0) is 0 Å². The highest BCUT2D eigenvalue weighted by atomic mass is 19.1. The zero-order chi connectivity index (χ0) is 9.14. The Bertz CT molecular complexity index is 296. The lowest BCUT2D eigenvalue weighted by molar-refractivity contribution is -0.445. The number of hydrazine groups is 1. The number of halogens is 2. The monoisotopic (exact) mass is 174 g/mol. The minimum atomic E-state index is -1.03. The first-order valence-electron chi connectivity index (χ1n) is 2.96. The molecule has 0 spiro atoms. The van der Waals surface area contributed by atoms with Crippen LogP contribution in [0.15, 0.2) is 18.2 Å². The van der Waals surface area contributed by atoms with E-state index in [0.29, 0.717) is 0 Å². The largest absolute Gasteiger partial charge is 0.235 e. The van der Waals surface area contributed by atoms with Gasteiger partial charge in [0.15, 0.2) is 22.4 Å². The topological polar surface area (TPSA) is 55.2 Å². The molecule has 0 aliphatic rings. The fourth-order valence-corrected chi connectivity index (χ4v) is 0.696. The molecule has 0 saturated carbocycles. The summed E-state index contributed by atoms with van der Waals surface area (Å²) in [4.78, 5) is 9.83. The zero-order valence-corrected chi connectivity index (χ0v) is 5.75. The first kappa shape index (κ1) is 8.38. The molecule has 12 heavy (non-hydrogen) atoms. The van der Waals surface area contributed by atoms with Gasteiger partial charge in [0.05, 0.1) is 0 Å². The Morgan fingerprint density at radius 1 is 1.33 bits per heavy atom. The molecule has 0 radical (unpaired) electrons. The van der Waals surface area contributed by atoms with Gasteiger partial charge in [0.1, 0.15) is 0 Å². The highest BCUT2D eigenvalue weighted by Crippen LogP contribution is 2.17. The Morgan fingerprint density at radius 3 is 2.25 bits per heavy atom. The molecule has 4 nitrogen and oxygen atoms in total. The predicted molar refractivity (Wildman–Crippen MR) is 37.0 cm³/mol. The average Bonchev–Trinajstić information content (AvgIpc) is 1.97. The molecule has 0 atom stereocenters. The Kier molecular flexibility index (Phi) is 2.18. The molecular formula is C6H4F2N2O2. The summed E-state index contributed by atoms with van der Waals surface area (Å²) in [7, 11) is 0. The van der Waals surface area contributed by atoms with Crippen LogP contribution in [0.3, 0.4) is 0 Å². The number of para-hydroxylation sites is 1. The maximum Gasteiger partial charge on any atom is 0.173 e. The fraction of sp³-hybridized carbons (Fsp3) is 0. The standard InChI is InChI=1S/C6H4F2N2O2/c7-4-2-1-3-5(8)6(4)9-10(11)12/h1-3,9H. The van der Waals surface area contributed by atoms with Crippen molar-refractivity contribution in [1.82, 2.24) is 0 Å². The summed E-state index contributed by atoms with van der Waals surface area (Å²) >= 11 is 0. The van der Waals surface area contributed by atoms with E-state index in [1.807, 2.05) is 0 Å². The molecule has 6 heteroatoms. The van der Waals surface area contributed by atoms with E-state index in [-0.39, 0.29) is 0 Å². The van der Waals surface area contributed by atoms with Crippen LogP contribution in [0.2, 0.25) is 0 Å². The molecule has 0 bridgehead atoms. The molecule has 0 unspecified atom stereocenters. The summed E-state index contributed by atoms with van der Waals surface area (Å²) in [6, 6.07) is 2.97. The fourth-order valence-electron chi connectivity index (χ4n) is 0.696. The third-order valence-corrected chi connectivity index (χ3v) is 1.17. The van der Waals surface area contributed by atoms with Crippen LogP contribution in [0.25, 0.3) is 0 Å². The number of nitro groups is 1. The molecule has 1 aromatic rings. The number of nitrogens with zero attached hydrogens (tertiary/aromatic N) is 1. The number of benzene rings is 1. The highest BCUT2D eigenvalue weighted by Gasteiger charge is 2.11. The SMILES string of the molecule is O=[N+]([O-])Nc1c(F)cccc1F. The minimum Gasteiger partial charge on any atom is -0.235 e. The van der Waals surface area contributed by atoms with E-state index in [4.69, 9.17) is 0 Å². The van der Waals surface area contributed by atoms with Crippen molar-refractivity contribution in [2.75, 3.05) is 5.43 Å². The lowest BCUT2D eigenvalue weighted by atomic mass is 10.3. The van der Waals surface area contributed by atoms with Crippen molar-refractivity contribution in [3.05, 3.63) is 39.9 Å². The Morgan fingerprint density at radius 2 is 1.83 bits per heavy atom. The van der Waals surface area contributed by atoms with E-state index in [1.54, 1.807) is 0 Å². The molecule has 0 heterocycles. The summed E-state index contributed by atoms with van der Waals surface area (Å²) in [6.45, 7) is 0. The number of rotatable bonds is 2. The second-order valence-corrected chi connectivity index (χ2v) is 1.97. The van der Waals surface area contributed by atoms with Crippen LogP contribution in [0.1, 0.15) is 0 Å². The van der Waals surface area contributed by atoms with E-state index in [0.717, 1.165) is 18.2 Å². The highest BCUT2D eigenvalue weighted by molar-refractivity contribution is 5.43. The van der Waals surface area contributed by atoms with E-state index in [2.05, 4.69) is 0 Å². The van der Waals surface area contributed by atoms with Crippen LogP contribution < -0.4 is 5.43 Å². The van der Waals surface area contributed by atoms with Crippen LogP contribution in [0, 0.1) is 21.7 Å². The van der Waals surface area contributed by atoms with Gasteiger partial charge in [-0.2, -0.15) is 0 Å². The molecule has 0 aliphatic carbocycles. The van der Waals surface area contributed by atoms with E-state index in [1.165, 1.54) is 5.43 Å². The third kappa shape index (κ3) is 1.66. The number of nitrogens with one attached hydrogen (secondary N) is 1.